The molecule has 0 atom stereocenters. The Balaban J connectivity index is 1.54. The number of hydrogen-bond acceptors (Lipinski definition) is 5. The highest BCUT2D eigenvalue weighted by Gasteiger charge is 2.19. The zero-order chi connectivity index (χ0) is 22.3. The molecule has 0 fully saturated rings. The Morgan fingerprint density at radius 1 is 0.969 bits per heavy atom. The summed E-state index contributed by atoms with van der Waals surface area (Å²) in [7, 11) is 1.64. The number of hydrogen-bond donors (Lipinski definition) is 1. The quantitative estimate of drug-likeness (QED) is 0.400. The van der Waals surface area contributed by atoms with Gasteiger partial charge in [0.2, 0.25) is 5.91 Å². The van der Waals surface area contributed by atoms with Crippen molar-refractivity contribution < 1.29 is 9.53 Å². The normalized spacial score (nSPS) is 10.7. The summed E-state index contributed by atoms with van der Waals surface area (Å²) < 4.78 is 7.48. The standard InChI is InChI=1S/C25H24N4O2S/c1-18-12-14-19(15-13-18)16-26-23(30)17-32-25-28-27-24(21-10-6-7-11-22(21)31-2)29(25)20-8-4-3-5-9-20/h3-15H,16-17H2,1-2H3,(H,26,30). The van der Waals surface area contributed by atoms with E-state index in [1.54, 1.807) is 7.11 Å². The minimum Gasteiger partial charge on any atom is -0.496 e. The fourth-order valence-electron chi connectivity index (χ4n) is 3.26. The number of aromatic nitrogens is 3. The van der Waals surface area contributed by atoms with Crippen LogP contribution in [-0.4, -0.2) is 33.5 Å². The Bertz CT molecular complexity index is 1190. The molecule has 1 amide bonds. The SMILES string of the molecule is COc1ccccc1-c1nnc(SCC(=O)NCc2ccc(C)cc2)n1-c1ccccc1. The van der Waals surface area contributed by atoms with Gasteiger partial charge in [-0.15, -0.1) is 10.2 Å². The van der Waals surface area contributed by atoms with Crippen LogP contribution >= 0.6 is 11.8 Å². The molecule has 162 valence electrons. The van der Waals surface area contributed by atoms with Gasteiger partial charge < -0.3 is 10.1 Å². The van der Waals surface area contributed by atoms with Crippen LogP contribution < -0.4 is 10.1 Å². The maximum absolute atomic E-state index is 12.5. The van der Waals surface area contributed by atoms with E-state index in [4.69, 9.17) is 4.74 Å². The minimum atomic E-state index is -0.0583. The average molecular weight is 445 g/mol. The molecule has 0 bridgehead atoms. The second kappa shape index (κ2) is 10.2. The molecule has 4 rings (SSSR count). The monoisotopic (exact) mass is 444 g/mol. The lowest BCUT2D eigenvalue weighted by atomic mass is 10.1. The maximum atomic E-state index is 12.5. The second-order valence-corrected chi connectivity index (χ2v) is 8.17. The number of thioether (sulfide) groups is 1. The van der Waals surface area contributed by atoms with Crippen LogP contribution in [0.25, 0.3) is 17.1 Å². The van der Waals surface area contributed by atoms with E-state index in [0.717, 1.165) is 16.8 Å². The number of amides is 1. The fraction of sp³-hybridized carbons (Fsp3) is 0.160. The molecule has 1 aromatic heterocycles. The van der Waals surface area contributed by atoms with Gasteiger partial charge in [-0.3, -0.25) is 9.36 Å². The van der Waals surface area contributed by atoms with E-state index in [1.807, 2.05) is 90.4 Å². The summed E-state index contributed by atoms with van der Waals surface area (Å²) in [4.78, 5) is 12.5. The topological polar surface area (TPSA) is 69.0 Å². The average Bonchev–Trinajstić information content (AvgIpc) is 3.26. The van der Waals surface area contributed by atoms with Crippen LogP contribution in [0.5, 0.6) is 5.75 Å². The van der Waals surface area contributed by atoms with Crippen molar-refractivity contribution in [1.82, 2.24) is 20.1 Å². The van der Waals surface area contributed by atoms with Gasteiger partial charge >= 0.3 is 0 Å². The Morgan fingerprint density at radius 3 is 2.44 bits per heavy atom. The van der Waals surface area contributed by atoms with Crippen molar-refractivity contribution >= 4 is 17.7 Å². The number of rotatable bonds is 8. The number of aryl methyl sites for hydroxylation is 1. The Labute approximate surface area is 191 Å². The van der Waals surface area contributed by atoms with Gasteiger partial charge in [-0.25, -0.2) is 0 Å². The smallest absolute Gasteiger partial charge is 0.230 e. The van der Waals surface area contributed by atoms with E-state index in [1.165, 1.54) is 17.3 Å². The molecule has 7 heteroatoms. The molecular weight excluding hydrogens is 420 g/mol. The summed E-state index contributed by atoms with van der Waals surface area (Å²) in [6.45, 7) is 2.54. The molecule has 0 saturated heterocycles. The Kier molecular flexibility index (Phi) is 6.87. The first-order chi connectivity index (χ1) is 15.7. The van der Waals surface area contributed by atoms with Crippen molar-refractivity contribution in [2.45, 2.75) is 18.6 Å². The Hall–Kier alpha value is -3.58. The summed E-state index contributed by atoms with van der Waals surface area (Å²) in [6, 6.07) is 25.7. The molecule has 3 aromatic carbocycles. The van der Waals surface area contributed by atoms with E-state index in [9.17, 15) is 4.79 Å². The summed E-state index contributed by atoms with van der Waals surface area (Å²) in [5.41, 5.74) is 4.02. The minimum absolute atomic E-state index is 0.0583. The van der Waals surface area contributed by atoms with Gasteiger partial charge in [-0.05, 0) is 36.8 Å². The number of carbonyl (C=O) groups excluding carboxylic acids is 1. The number of benzene rings is 3. The predicted octanol–water partition coefficient (Wildman–Crippen LogP) is 4.66. The van der Waals surface area contributed by atoms with Crippen molar-refractivity contribution in [3.05, 3.63) is 90.0 Å². The van der Waals surface area contributed by atoms with Crippen LogP contribution in [0.15, 0.2) is 84.0 Å². The molecule has 0 aliphatic heterocycles. The van der Waals surface area contributed by atoms with Crippen molar-refractivity contribution in [2.75, 3.05) is 12.9 Å². The largest absolute Gasteiger partial charge is 0.496 e. The number of methoxy groups -OCH3 is 1. The summed E-state index contributed by atoms with van der Waals surface area (Å²) >= 11 is 1.35. The zero-order valence-electron chi connectivity index (χ0n) is 18.0. The van der Waals surface area contributed by atoms with Crippen LogP contribution in [0.2, 0.25) is 0 Å². The molecule has 6 nitrogen and oxygen atoms in total. The van der Waals surface area contributed by atoms with Crippen LogP contribution in [0, 0.1) is 6.92 Å². The van der Waals surface area contributed by atoms with Gasteiger partial charge in [0.25, 0.3) is 0 Å². The molecule has 1 heterocycles. The third kappa shape index (κ3) is 5.00. The van der Waals surface area contributed by atoms with Crippen molar-refractivity contribution in [3.8, 4) is 22.8 Å². The van der Waals surface area contributed by atoms with Gasteiger partial charge in [0.1, 0.15) is 5.75 Å². The van der Waals surface area contributed by atoms with Gasteiger partial charge in [-0.2, -0.15) is 0 Å². The van der Waals surface area contributed by atoms with Gasteiger partial charge in [-0.1, -0.05) is 71.9 Å². The highest BCUT2D eigenvalue weighted by Crippen LogP contribution is 2.33. The molecule has 0 unspecified atom stereocenters. The predicted molar refractivity (Wildman–Crippen MR) is 127 cm³/mol. The van der Waals surface area contributed by atoms with Crippen molar-refractivity contribution in [3.63, 3.8) is 0 Å². The van der Waals surface area contributed by atoms with E-state index < -0.39 is 0 Å². The van der Waals surface area contributed by atoms with Crippen LogP contribution in [-0.2, 0) is 11.3 Å². The lowest BCUT2D eigenvalue weighted by molar-refractivity contribution is -0.118. The first kappa shape index (κ1) is 21.6. The molecule has 0 saturated carbocycles. The molecule has 0 radical (unpaired) electrons. The highest BCUT2D eigenvalue weighted by molar-refractivity contribution is 7.99. The summed E-state index contributed by atoms with van der Waals surface area (Å²) in [5.74, 6) is 1.56. The number of nitrogens with one attached hydrogen (secondary N) is 1. The third-order valence-corrected chi connectivity index (χ3v) is 5.87. The first-order valence-corrected chi connectivity index (χ1v) is 11.2. The summed E-state index contributed by atoms with van der Waals surface area (Å²) in [6.07, 6.45) is 0. The number of ether oxygens (including phenoxy) is 1. The molecule has 0 aliphatic carbocycles. The zero-order valence-corrected chi connectivity index (χ0v) is 18.8. The van der Waals surface area contributed by atoms with Gasteiger partial charge in [0.15, 0.2) is 11.0 Å². The van der Waals surface area contributed by atoms with Crippen molar-refractivity contribution in [2.24, 2.45) is 0 Å². The van der Waals surface area contributed by atoms with E-state index in [-0.39, 0.29) is 11.7 Å². The molecule has 0 aliphatic rings. The number of para-hydroxylation sites is 2. The molecule has 32 heavy (non-hydrogen) atoms. The second-order valence-electron chi connectivity index (χ2n) is 7.23. The lowest BCUT2D eigenvalue weighted by Crippen LogP contribution is -2.24. The van der Waals surface area contributed by atoms with E-state index in [0.29, 0.717) is 23.3 Å². The summed E-state index contributed by atoms with van der Waals surface area (Å²) in [5, 5.41) is 12.4. The number of carbonyl (C=O) groups is 1. The molecule has 4 aromatic rings. The van der Waals surface area contributed by atoms with E-state index in [2.05, 4.69) is 15.5 Å². The Morgan fingerprint density at radius 2 is 1.69 bits per heavy atom. The van der Waals surface area contributed by atoms with Crippen LogP contribution in [0.4, 0.5) is 0 Å². The van der Waals surface area contributed by atoms with Gasteiger partial charge in [0.05, 0.1) is 18.4 Å². The third-order valence-electron chi connectivity index (χ3n) is 4.94. The molecular formula is C25H24N4O2S. The van der Waals surface area contributed by atoms with Crippen LogP contribution in [0.3, 0.4) is 0 Å². The highest BCUT2D eigenvalue weighted by atomic mass is 32.2. The lowest BCUT2D eigenvalue weighted by Gasteiger charge is -2.12. The van der Waals surface area contributed by atoms with Gasteiger partial charge in [0, 0.05) is 12.2 Å². The first-order valence-electron chi connectivity index (χ1n) is 10.2. The van der Waals surface area contributed by atoms with Crippen LogP contribution in [0.1, 0.15) is 11.1 Å². The molecule has 1 N–H and O–H groups in total. The fourth-order valence-corrected chi connectivity index (χ4v) is 4.05. The maximum Gasteiger partial charge on any atom is 0.230 e. The number of nitrogens with zero attached hydrogens (tertiary/aromatic N) is 3. The molecule has 0 spiro atoms. The van der Waals surface area contributed by atoms with E-state index >= 15 is 0 Å². The van der Waals surface area contributed by atoms with Crippen molar-refractivity contribution in [1.29, 1.82) is 0 Å².